The lowest BCUT2D eigenvalue weighted by Crippen LogP contribution is -2.23. The van der Waals surface area contributed by atoms with Crippen LogP contribution in [0, 0.1) is 6.92 Å². The number of aryl methyl sites for hydroxylation is 2. The van der Waals surface area contributed by atoms with Gasteiger partial charge in [-0.15, -0.1) is 0 Å². The van der Waals surface area contributed by atoms with Crippen molar-refractivity contribution in [1.82, 2.24) is 24.6 Å². The van der Waals surface area contributed by atoms with E-state index < -0.39 is 0 Å². The molecule has 0 aromatic carbocycles. The minimum Gasteiger partial charge on any atom is -0.290 e. The van der Waals surface area contributed by atoms with Crippen LogP contribution in [0.15, 0.2) is 24.8 Å². The van der Waals surface area contributed by atoms with Crippen molar-refractivity contribution >= 4 is 0 Å². The number of likely N-dealkylation sites (tertiary alicyclic amines) is 1. The van der Waals surface area contributed by atoms with E-state index in [-0.39, 0.29) is 0 Å². The molecular formula is C17H25N5. The third kappa shape index (κ3) is 3.35. The number of hydrogen-bond donors (Lipinski definition) is 0. The second-order valence-electron chi connectivity index (χ2n) is 6.12. The minimum absolute atomic E-state index is 0.418. The van der Waals surface area contributed by atoms with Gasteiger partial charge in [0.25, 0.3) is 0 Å². The summed E-state index contributed by atoms with van der Waals surface area (Å²) in [5.41, 5.74) is 3.64. The van der Waals surface area contributed by atoms with Crippen LogP contribution in [0.4, 0.5) is 0 Å². The van der Waals surface area contributed by atoms with Crippen molar-refractivity contribution in [2.75, 3.05) is 6.54 Å². The molecule has 22 heavy (non-hydrogen) atoms. The predicted molar refractivity (Wildman–Crippen MR) is 86.3 cm³/mol. The highest BCUT2D eigenvalue weighted by Gasteiger charge is 2.27. The van der Waals surface area contributed by atoms with Crippen LogP contribution < -0.4 is 0 Å². The highest BCUT2D eigenvalue weighted by Crippen LogP contribution is 2.32. The fourth-order valence-electron chi connectivity index (χ4n) is 3.22. The molecule has 3 heterocycles. The van der Waals surface area contributed by atoms with E-state index in [0.717, 1.165) is 31.0 Å². The SMILES string of the molecule is CCCCn1cc(CN2CCC[C@H]2c2ccncn2)c(C)n1. The summed E-state index contributed by atoms with van der Waals surface area (Å²) in [5.74, 6) is 0. The molecule has 0 aliphatic carbocycles. The van der Waals surface area contributed by atoms with E-state index in [9.17, 15) is 0 Å². The molecule has 5 nitrogen and oxygen atoms in total. The smallest absolute Gasteiger partial charge is 0.115 e. The maximum absolute atomic E-state index is 4.65. The molecule has 5 heteroatoms. The van der Waals surface area contributed by atoms with Crippen molar-refractivity contribution < 1.29 is 0 Å². The molecule has 1 aliphatic rings. The average Bonchev–Trinajstić information content (AvgIpc) is 3.14. The Labute approximate surface area is 132 Å². The van der Waals surface area contributed by atoms with Crippen LogP contribution in [-0.2, 0) is 13.1 Å². The van der Waals surface area contributed by atoms with Crippen LogP contribution >= 0.6 is 0 Å². The molecule has 2 aromatic heterocycles. The van der Waals surface area contributed by atoms with Gasteiger partial charge in [0.1, 0.15) is 6.33 Å². The summed E-state index contributed by atoms with van der Waals surface area (Å²) in [4.78, 5) is 11.0. The highest BCUT2D eigenvalue weighted by atomic mass is 15.3. The third-order valence-corrected chi connectivity index (χ3v) is 4.47. The summed E-state index contributed by atoms with van der Waals surface area (Å²) in [5, 5.41) is 4.65. The van der Waals surface area contributed by atoms with E-state index in [2.05, 4.69) is 44.7 Å². The number of unbranched alkanes of at least 4 members (excludes halogenated alkanes) is 1. The zero-order valence-corrected chi connectivity index (χ0v) is 13.6. The monoisotopic (exact) mass is 299 g/mol. The van der Waals surface area contributed by atoms with Gasteiger partial charge >= 0.3 is 0 Å². The molecule has 1 fully saturated rings. The topological polar surface area (TPSA) is 46.8 Å². The fourth-order valence-corrected chi connectivity index (χ4v) is 3.22. The lowest BCUT2D eigenvalue weighted by atomic mass is 10.1. The second kappa shape index (κ2) is 7.01. The van der Waals surface area contributed by atoms with Crippen molar-refractivity contribution in [2.24, 2.45) is 0 Å². The summed E-state index contributed by atoms with van der Waals surface area (Å²) in [7, 11) is 0. The first-order valence-electron chi connectivity index (χ1n) is 8.31. The maximum Gasteiger partial charge on any atom is 0.115 e. The van der Waals surface area contributed by atoms with Crippen molar-refractivity contribution in [3.8, 4) is 0 Å². The molecule has 118 valence electrons. The summed E-state index contributed by atoms with van der Waals surface area (Å²) in [6, 6.07) is 2.46. The van der Waals surface area contributed by atoms with E-state index in [1.54, 1.807) is 6.33 Å². The van der Waals surface area contributed by atoms with Crippen LogP contribution in [0.1, 0.15) is 55.6 Å². The first kappa shape index (κ1) is 15.2. The molecule has 0 spiro atoms. The molecule has 1 aliphatic heterocycles. The third-order valence-electron chi connectivity index (χ3n) is 4.47. The van der Waals surface area contributed by atoms with Crippen molar-refractivity contribution in [1.29, 1.82) is 0 Å². The quantitative estimate of drug-likeness (QED) is 0.822. The summed E-state index contributed by atoms with van der Waals surface area (Å²) < 4.78 is 2.10. The number of hydrogen-bond acceptors (Lipinski definition) is 4. The zero-order chi connectivity index (χ0) is 15.4. The molecule has 3 rings (SSSR count). The van der Waals surface area contributed by atoms with E-state index in [4.69, 9.17) is 0 Å². The highest BCUT2D eigenvalue weighted by molar-refractivity contribution is 5.17. The fraction of sp³-hybridized carbons (Fsp3) is 0.588. The van der Waals surface area contributed by atoms with Crippen LogP contribution in [0.25, 0.3) is 0 Å². The van der Waals surface area contributed by atoms with Gasteiger partial charge in [-0.05, 0) is 38.8 Å². The lowest BCUT2D eigenvalue weighted by Gasteiger charge is -2.23. The number of aromatic nitrogens is 4. The first-order chi connectivity index (χ1) is 10.8. The molecule has 0 N–H and O–H groups in total. The van der Waals surface area contributed by atoms with Gasteiger partial charge < -0.3 is 0 Å². The van der Waals surface area contributed by atoms with Gasteiger partial charge in [0.05, 0.1) is 17.4 Å². The Hall–Kier alpha value is -1.75. The number of rotatable bonds is 6. The Kier molecular flexibility index (Phi) is 4.83. The average molecular weight is 299 g/mol. The Morgan fingerprint density at radius 1 is 1.36 bits per heavy atom. The van der Waals surface area contributed by atoms with Gasteiger partial charge in [-0.2, -0.15) is 5.10 Å². The molecule has 2 aromatic rings. The van der Waals surface area contributed by atoms with Crippen molar-refractivity contribution in [3.05, 3.63) is 41.7 Å². The minimum atomic E-state index is 0.418. The molecule has 0 saturated carbocycles. The first-order valence-corrected chi connectivity index (χ1v) is 8.31. The van der Waals surface area contributed by atoms with Crippen LogP contribution in [-0.4, -0.2) is 31.2 Å². The molecule has 1 saturated heterocycles. The van der Waals surface area contributed by atoms with Gasteiger partial charge in [0, 0.05) is 31.0 Å². The lowest BCUT2D eigenvalue weighted by molar-refractivity contribution is 0.243. The van der Waals surface area contributed by atoms with Gasteiger partial charge in [0.15, 0.2) is 0 Å². The standard InChI is InChI=1S/C17H25N5/c1-3-4-10-22-12-15(14(2)20-22)11-21-9-5-6-17(21)16-7-8-18-13-19-16/h7-8,12-13,17H,3-6,9-11H2,1-2H3/t17-/m0/s1. The van der Waals surface area contributed by atoms with Crippen LogP contribution in [0.2, 0.25) is 0 Å². The van der Waals surface area contributed by atoms with E-state index in [0.29, 0.717) is 6.04 Å². The van der Waals surface area contributed by atoms with Gasteiger partial charge in [0.2, 0.25) is 0 Å². The molecule has 0 unspecified atom stereocenters. The summed E-state index contributed by atoms with van der Waals surface area (Å²) in [6.45, 7) is 7.45. The summed E-state index contributed by atoms with van der Waals surface area (Å²) in [6.07, 6.45) is 10.5. The van der Waals surface area contributed by atoms with Crippen molar-refractivity contribution in [3.63, 3.8) is 0 Å². The van der Waals surface area contributed by atoms with Crippen LogP contribution in [0.3, 0.4) is 0 Å². The normalized spacial score (nSPS) is 18.9. The molecular weight excluding hydrogens is 274 g/mol. The Bertz CT molecular complexity index is 592. The van der Waals surface area contributed by atoms with E-state index >= 15 is 0 Å². The molecule has 0 radical (unpaired) electrons. The molecule has 1 atom stereocenters. The Morgan fingerprint density at radius 3 is 3.05 bits per heavy atom. The molecule has 0 bridgehead atoms. The molecule has 0 amide bonds. The second-order valence-corrected chi connectivity index (χ2v) is 6.12. The summed E-state index contributed by atoms with van der Waals surface area (Å²) >= 11 is 0. The predicted octanol–water partition coefficient (Wildman–Crippen LogP) is 3.12. The van der Waals surface area contributed by atoms with Crippen LogP contribution in [0.5, 0.6) is 0 Å². The number of nitrogens with zero attached hydrogens (tertiary/aromatic N) is 5. The Balaban J connectivity index is 1.71. The van der Waals surface area contributed by atoms with E-state index in [1.165, 1.54) is 31.2 Å². The van der Waals surface area contributed by atoms with Gasteiger partial charge in [-0.25, -0.2) is 9.97 Å². The van der Waals surface area contributed by atoms with E-state index in [1.807, 2.05) is 12.3 Å². The van der Waals surface area contributed by atoms with Gasteiger partial charge in [-0.1, -0.05) is 13.3 Å². The largest absolute Gasteiger partial charge is 0.290 e. The van der Waals surface area contributed by atoms with Gasteiger partial charge in [-0.3, -0.25) is 9.58 Å². The Morgan fingerprint density at radius 2 is 2.27 bits per heavy atom. The maximum atomic E-state index is 4.65. The van der Waals surface area contributed by atoms with Crippen molar-refractivity contribution in [2.45, 2.75) is 58.7 Å². The zero-order valence-electron chi connectivity index (χ0n) is 13.6.